The van der Waals surface area contributed by atoms with Gasteiger partial charge in [-0.05, 0) is 44.4 Å². The van der Waals surface area contributed by atoms with Gasteiger partial charge in [0.15, 0.2) is 5.82 Å². The Balaban J connectivity index is 1.88. The maximum atomic E-state index is 14.7. The number of aryl methyl sites for hydroxylation is 1. The third-order valence-electron chi connectivity index (χ3n) is 5.41. The number of rotatable bonds is 2. The minimum Gasteiger partial charge on any atom is -0.303 e. The van der Waals surface area contributed by atoms with Crippen molar-refractivity contribution in [1.29, 1.82) is 0 Å². The molecule has 0 N–H and O–H groups in total. The van der Waals surface area contributed by atoms with Gasteiger partial charge in [0.1, 0.15) is 34.8 Å². The Hall–Kier alpha value is -2.74. The van der Waals surface area contributed by atoms with Gasteiger partial charge in [0.05, 0.1) is 11.3 Å². The van der Waals surface area contributed by atoms with Crippen molar-refractivity contribution in [3.63, 3.8) is 0 Å². The lowest BCUT2D eigenvalue weighted by Gasteiger charge is -2.11. The SMILES string of the molecule is Cc1nnc2n1-c1sc3c(c1C(c1c(F)cccc1F)=N[C@H]2C)CCC3C=O. The molecule has 28 heavy (non-hydrogen) atoms. The van der Waals surface area contributed by atoms with Crippen LogP contribution in [-0.4, -0.2) is 26.8 Å². The van der Waals surface area contributed by atoms with E-state index in [9.17, 15) is 13.6 Å². The Morgan fingerprint density at radius 1 is 1.21 bits per heavy atom. The molecular formula is C20H16F2N4OS. The summed E-state index contributed by atoms with van der Waals surface area (Å²) < 4.78 is 31.3. The van der Waals surface area contributed by atoms with Gasteiger partial charge >= 0.3 is 0 Å². The average molecular weight is 398 g/mol. The van der Waals surface area contributed by atoms with E-state index < -0.39 is 17.7 Å². The van der Waals surface area contributed by atoms with Crippen LogP contribution in [0.1, 0.15) is 58.5 Å². The minimum atomic E-state index is -0.656. The fourth-order valence-electron chi connectivity index (χ4n) is 4.11. The van der Waals surface area contributed by atoms with Crippen molar-refractivity contribution >= 4 is 23.3 Å². The van der Waals surface area contributed by atoms with Crippen molar-refractivity contribution in [3.05, 3.63) is 63.0 Å². The van der Waals surface area contributed by atoms with Gasteiger partial charge in [0.2, 0.25) is 0 Å². The summed E-state index contributed by atoms with van der Waals surface area (Å²) in [4.78, 5) is 17.2. The quantitative estimate of drug-likeness (QED) is 0.612. The summed E-state index contributed by atoms with van der Waals surface area (Å²) in [7, 11) is 0. The Morgan fingerprint density at radius 2 is 1.96 bits per heavy atom. The van der Waals surface area contributed by atoms with E-state index in [1.165, 1.54) is 29.5 Å². The maximum Gasteiger partial charge on any atom is 0.162 e. The van der Waals surface area contributed by atoms with Gasteiger partial charge in [-0.15, -0.1) is 21.5 Å². The molecule has 1 aromatic carbocycles. The number of nitrogens with zero attached hydrogens (tertiary/aromatic N) is 4. The summed E-state index contributed by atoms with van der Waals surface area (Å²) in [6, 6.07) is 3.40. The number of fused-ring (bicyclic) bond motifs is 5. The van der Waals surface area contributed by atoms with E-state index in [2.05, 4.69) is 10.2 Å². The van der Waals surface area contributed by atoms with Crippen molar-refractivity contribution in [2.75, 3.05) is 0 Å². The molecule has 142 valence electrons. The molecule has 2 atom stereocenters. The molecule has 8 heteroatoms. The average Bonchev–Trinajstić information content (AvgIpc) is 3.31. The standard InChI is InChI=1S/C20H16F2N4OS/c1-9-19-25-24-10(2)26(19)20-15(12-7-6-11(8-27)18(12)28-20)17(23-9)16-13(21)4-3-5-14(16)22/h3-5,8-9,11H,6-7H2,1-2H3/t9-,11?/m0/s1. The van der Waals surface area contributed by atoms with Crippen molar-refractivity contribution in [3.8, 4) is 5.00 Å². The van der Waals surface area contributed by atoms with E-state index in [0.29, 0.717) is 30.1 Å². The smallest absolute Gasteiger partial charge is 0.162 e. The number of hydrogen-bond acceptors (Lipinski definition) is 5. The fourth-order valence-corrected chi connectivity index (χ4v) is 5.61. The van der Waals surface area contributed by atoms with Gasteiger partial charge in [-0.1, -0.05) is 6.07 Å². The highest BCUT2D eigenvalue weighted by Crippen LogP contribution is 2.46. The van der Waals surface area contributed by atoms with Crippen molar-refractivity contribution in [2.45, 2.75) is 38.6 Å². The molecule has 1 unspecified atom stereocenters. The number of hydrogen-bond donors (Lipinski definition) is 0. The molecule has 3 heterocycles. The molecule has 0 spiro atoms. The van der Waals surface area contributed by atoms with Crippen LogP contribution >= 0.6 is 11.3 Å². The molecule has 0 fully saturated rings. The monoisotopic (exact) mass is 398 g/mol. The number of carbonyl (C=O) groups is 1. The molecular weight excluding hydrogens is 382 g/mol. The second-order valence-corrected chi connectivity index (χ2v) is 8.13. The van der Waals surface area contributed by atoms with E-state index in [1.54, 1.807) is 0 Å². The number of carbonyl (C=O) groups excluding carboxylic acids is 1. The van der Waals surface area contributed by atoms with Gasteiger partial charge in [-0.3, -0.25) is 9.56 Å². The first-order valence-corrected chi connectivity index (χ1v) is 9.88. The fraction of sp³-hybridized carbons (Fsp3) is 0.300. The molecule has 1 aliphatic heterocycles. The summed E-state index contributed by atoms with van der Waals surface area (Å²) in [6.07, 6.45) is 2.32. The van der Waals surface area contributed by atoms with Crippen LogP contribution in [0.3, 0.4) is 0 Å². The highest BCUT2D eigenvalue weighted by Gasteiger charge is 2.37. The Kier molecular flexibility index (Phi) is 3.80. The van der Waals surface area contributed by atoms with Crippen LogP contribution in [0.4, 0.5) is 8.78 Å². The molecule has 0 saturated heterocycles. The van der Waals surface area contributed by atoms with E-state index >= 15 is 0 Å². The molecule has 2 aliphatic rings. The highest BCUT2D eigenvalue weighted by molar-refractivity contribution is 7.15. The number of halogens is 2. The van der Waals surface area contributed by atoms with Crippen LogP contribution in [0.25, 0.3) is 5.00 Å². The molecule has 0 saturated carbocycles. The molecule has 2 aromatic heterocycles. The third kappa shape index (κ3) is 2.27. The maximum absolute atomic E-state index is 14.7. The lowest BCUT2D eigenvalue weighted by molar-refractivity contribution is -0.109. The predicted octanol–water partition coefficient (Wildman–Crippen LogP) is 4.06. The molecule has 3 aromatic rings. The minimum absolute atomic E-state index is 0.137. The normalized spacial score (nSPS) is 20.2. The zero-order valence-corrected chi connectivity index (χ0v) is 16.1. The van der Waals surface area contributed by atoms with Crippen LogP contribution in [-0.2, 0) is 11.2 Å². The number of aliphatic imine (C=N–C) groups is 1. The van der Waals surface area contributed by atoms with Crippen molar-refractivity contribution in [2.24, 2.45) is 4.99 Å². The first kappa shape index (κ1) is 17.4. The lowest BCUT2D eigenvalue weighted by Crippen LogP contribution is -2.12. The zero-order valence-electron chi connectivity index (χ0n) is 15.2. The largest absolute Gasteiger partial charge is 0.303 e. The van der Waals surface area contributed by atoms with Crippen LogP contribution in [0, 0.1) is 18.6 Å². The first-order chi connectivity index (χ1) is 13.5. The van der Waals surface area contributed by atoms with Crippen LogP contribution in [0.2, 0.25) is 0 Å². The molecule has 5 nitrogen and oxygen atoms in total. The topological polar surface area (TPSA) is 60.1 Å². The van der Waals surface area contributed by atoms with Gasteiger partial charge in [-0.25, -0.2) is 8.78 Å². The number of benzene rings is 1. The zero-order chi connectivity index (χ0) is 19.6. The lowest BCUT2D eigenvalue weighted by atomic mass is 9.98. The Morgan fingerprint density at radius 3 is 2.68 bits per heavy atom. The molecule has 5 rings (SSSR count). The third-order valence-corrected chi connectivity index (χ3v) is 6.76. The van der Waals surface area contributed by atoms with Gasteiger partial charge in [0.25, 0.3) is 0 Å². The number of aromatic nitrogens is 3. The van der Waals surface area contributed by atoms with E-state index in [1.807, 2.05) is 18.4 Å². The van der Waals surface area contributed by atoms with Gasteiger partial charge < -0.3 is 4.79 Å². The molecule has 0 amide bonds. The van der Waals surface area contributed by atoms with Crippen LogP contribution in [0.15, 0.2) is 23.2 Å². The van der Waals surface area contributed by atoms with Gasteiger partial charge in [-0.2, -0.15) is 0 Å². The summed E-state index contributed by atoms with van der Waals surface area (Å²) in [5, 5.41) is 9.20. The molecule has 0 radical (unpaired) electrons. The Labute approximate surface area is 163 Å². The van der Waals surface area contributed by atoms with Crippen molar-refractivity contribution in [1.82, 2.24) is 14.8 Å². The second kappa shape index (κ2) is 6.13. The number of aldehydes is 1. The Bertz CT molecular complexity index is 1140. The van der Waals surface area contributed by atoms with Crippen LogP contribution < -0.4 is 0 Å². The number of thiophene rings is 1. The van der Waals surface area contributed by atoms with Crippen LogP contribution in [0.5, 0.6) is 0 Å². The predicted molar refractivity (Wildman–Crippen MR) is 102 cm³/mol. The first-order valence-electron chi connectivity index (χ1n) is 9.07. The van der Waals surface area contributed by atoms with Crippen molar-refractivity contribution < 1.29 is 13.6 Å². The summed E-state index contributed by atoms with van der Waals surface area (Å²) in [5.41, 5.74) is 1.79. The van der Waals surface area contributed by atoms with Gasteiger partial charge in [0, 0.05) is 16.4 Å². The van der Waals surface area contributed by atoms with E-state index in [4.69, 9.17) is 4.99 Å². The highest BCUT2D eigenvalue weighted by atomic mass is 32.1. The second-order valence-electron chi connectivity index (χ2n) is 7.10. The summed E-state index contributed by atoms with van der Waals surface area (Å²) in [5.74, 6) is -0.215. The van der Waals surface area contributed by atoms with E-state index in [-0.39, 0.29) is 17.2 Å². The summed E-state index contributed by atoms with van der Waals surface area (Å²) in [6.45, 7) is 3.67. The molecule has 1 aliphatic carbocycles. The summed E-state index contributed by atoms with van der Waals surface area (Å²) >= 11 is 1.47. The molecule has 0 bridgehead atoms. The van der Waals surface area contributed by atoms with E-state index in [0.717, 1.165) is 21.7 Å².